The van der Waals surface area contributed by atoms with Crippen LogP contribution in [0.15, 0.2) is 54.6 Å². The zero-order chi connectivity index (χ0) is 19.8. The van der Waals surface area contributed by atoms with Crippen LogP contribution in [-0.2, 0) is 4.79 Å². The van der Waals surface area contributed by atoms with E-state index in [1.54, 1.807) is 42.5 Å². The molecule has 0 aliphatic heterocycles. The fraction of sp³-hybridized carbons (Fsp3) is 0.200. The summed E-state index contributed by atoms with van der Waals surface area (Å²) in [6, 6.07) is 12.8. The lowest BCUT2D eigenvalue weighted by atomic mass is 10.1. The van der Waals surface area contributed by atoms with Gasteiger partial charge >= 0.3 is 0 Å². The van der Waals surface area contributed by atoms with E-state index >= 15 is 0 Å². The number of carbonyl (C=O) groups is 2. The minimum Gasteiger partial charge on any atom is -0.352 e. The molecule has 0 aliphatic rings. The Kier molecular flexibility index (Phi) is 6.82. The molecule has 0 aliphatic carbocycles. The van der Waals surface area contributed by atoms with Crippen molar-refractivity contribution in [3.05, 3.63) is 75.8 Å². The molecule has 0 radical (unpaired) electrons. The lowest BCUT2D eigenvalue weighted by molar-refractivity contribution is -0.385. The van der Waals surface area contributed by atoms with Gasteiger partial charge < -0.3 is 10.6 Å². The largest absolute Gasteiger partial charge is 0.352 e. The Hall–Kier alpha value is -3.48. The van der Waals surface area contributed by atoms with Crippen LogP contribution in [0.3, 0.4) is 0 Å². The number of nitro groups is 1. The lowest BCUT2D eigenvalue weighted by Gasteiger charge is -2.11. The van der Waals surface area contributed by atoms with Crippen molar-refractivity contribution in [2.75, 3.05) is 11.9 Å². The second-order valence-electron chi connectivity index (χ2n) is 6.29. The van der Waals surface area contributed by atoms with E-state index in [1.165, 1.54) is 18.2 Å². The van der Waals surface area contributed by atoms with E-state index in [0.717, 1.165) is 0 Å². The highest BCUT2D eigenvalue weighted by atomic mass is 16.6. The van der Waals surface area contributed by atoms with Crippen LogP contribution in [0, 0.1) is 16.0 Å². The molecule has 0 spiro atoms. The maximum atomic E-state index is 12.3. The summed E-state index contributed by atoms with van der Waals surface area (Å²) in [6.45, 7) is 4.50. The van der Waals surface area contributed by atoms with Crippen LogP contribution in [0.2, 0.25) is 0 Å². The standard InChI is InChI=1S/C20H21N3O4/c1-14(2)13-21-20(25)16-8-4-5-9-17(16)22-19(24)12-11-15-7-3-6-10-18(15)23(26)27/h3-12,14H,13H2,1-2H3,(H,21,25)(H,22,24)/b12-11+. The van der Waals surface area contributed by atoms with Crippen LogP contribution in [0.1, 0.15) is 29.8 Å². The molecule has 2 aromatic carbocycles. The van der Waals surface area contributed by atoms with Gasteiger partial charge in [0.25, 0.3) is 11.6 Å². The summed E-state index contributed by atoms with van der Waals surface area (Å²) in [5.74, 6) is -0.458. The number of nitrogens with zero attached hydrogens (tertiary/aromatic N) is 1. The van der Waals surface area contributed by atoms with Gasteiger partial charge in [0.05, 0.1) is 21.7 Å². The summed E-state index contributed by atoms with van der Waals surface area (Å²) in [5, 5.41) is 16.5. The number of benzene rings is 2. The average molecular weight is 367 g/mol. The first-order valence-electron chi connectivity index (χ1n) is 8.48. The van der Waals surface area contributed by atoms with Gasteiger partial charge in [-0.1, -0.05) is 38.1 Å². The van der Waals surface area contributed by atoms with E-state index in [1.807, 2.05) is 13.8 Å². The van der Waals surface area contributed by atoms with Crippen LogP contribution in [0.4, 0.5) is 11.4 Å². The second-order valence-corrected chi connectivity index (χ2v) is 6.29. The molecule has 27 heavy (non-hydrogen) atoms. The van der Waals surface area contributed by atoms with E-state index in [0.29, 0.717) is 29.3 Å². The number of nitrogens with one attached hydrogen (secondary N) is 2. The van der Waals surface area contributed by atoms with Gasteiger partial charge in [-0.05, 0) is 30.2 Å². The minimum atomic E-state index is -0.508. The van der Waals surface area contributed by atoms with Gasteiger partial charge in [-0.3, -0.25) is 19.7 Å². The number of para-hydroxylation sites is 2. The summed E-state index contributed by atoms with van der Waals surface area (Å²) in [4.78, 5) is 35.0. The van der Waals surface area contributed by atoms with Crippen molar-refractivity contribution in [1.82, 2.24) is 5.32 Å². The van der Waals surface area contributed by atoms with Gasteiger partial charge in [0.15, 0.2) is 0 Å². The number of nitro benzene ring substituents is 1. The Bertz CT molecular complexity index is 875. The zero-order valence-electron chi connectivity index (χ0n) is 15.1. The van der Waals surface area contributed by atoms with Crippen molar-refractivity contribution >= 4 is 29.3 Å². The molecule has 0 fully saturated rings. The number of hydrogen-bond acceptors (Lipinski definition) is 4. The van der Waals surface area contributed by atoms with Crippen LogP contribution >= 0.6 is 0 Å². The highest BCUT2D eigenvalue weighted by Gasteiger charge is 2.13. The Balaban J connectivity index is 2.13. The van der Waals surface area contributed by atoms with E-state index in [9.17, 15) is 19.7 Å². The summed E-state index contributed by atoms with van der Waals surface area (Å²) in [5.41, 5.74) is 0.956. The SMILES string of the molecule is CC(C)CNC(=O)c1ccccc1NC(=O)/C=C/c1ccccc1[N+](=O)[O-]. The molecule has 2 rings (SSSR count). The number of rotatable bonds is 7. The molecule has 2 amide bonds. The summed E-state index contributed by atoms with van der Waals surface area (Å²) in [6.07, 6.45) is 2.57. The Morgan fingerprint density at radius 1 is 1.11 bits per heavy atom. The highest BCUT2D eigenvalue weighted by molar-refractivity contribution is 6.07. The molecule has 0 aromatic heterocycles. The molecule has 0 unspecified atom stereocenters. The number of amides is 2. The summed E-state index contributed by atoms with van der Waals surface area (Å²) < 4.78 is 0. The molecule has 0 bridgehead atoms. The normalized spacial score (nSPS) is 10.8. The molecule has 7 nitrogen and oxygen atoms in total. The van der Waals surface area contributed by atoms with E-state index in [2.05, 4.69) is 10.6 Å². The first-order chi connectivity index (χ1) is 12.9. The summed E-state index contributed by atoms with van der Waals surface area (Å²) in [7, 11) is 0. The van der Waals surface area contributed by atoms with Crippen molar-refractivity contribution in [1.29, 1.82) is 0 Å². The van der Waals surface area contributed by atoms with E-state index in [4.69, 9.17) is 0 Å². The monoisotopic (exact) mass is 367 g/mol. The number of carbonyl (C=O) groups excluding carboxylic acids is 2. The fourth-order valence-electron chi connectivity index (χ4n) is 2.32. The van der Waals surface area contributed by atoms with Crippen molar-refractivity contribution in [2.45, 2.75) is 13.8 Å². The summed E-state index contributed by atoms with van der Waals surface area (Å²) >= 11 is 0. The molecule has 2 N–H and O–H groups in total. The van der Waals surface area contributed by atoms with Gasteiger partial charge in [0, 0.05) is 18.7 Å². The first-order valence-corrected chi connectivity index (χ1v) is 8.48. The third kappa shape index (κ3) is 5.78. The van der Waals surface area contributed by atoms with Crippen molar-refractivity contribution in [3.63, 3.8) is 0 Å². The third-order valence-corrected chi connectivity index (χ3v) is 3.65. The van der Waals surface area contributed by atoms with E-state index in [-0.39, 0.29) is 11.6 Å². The average Bonchev–Trinajstić information content (AvgIpc) is 2.65. The molecule has 0 saturated carbocycles. The van der Waals surface area contributed by atoms with Gasteiger partial charge in [0.1, 0.15) is 0 Å². The topological polar surface area (TPSA) is 101 Å². The molecule has 0 heterocycles. The molecule has 0 atom stereocenters. The lowest BCUT2D eigenvalue weighted by Crippen LogP contribution is -2.28. The first kappa shape index (κ1) is 19.8. The Morgan fingerprint density at radius 2 is 1.78 bits per heavy atom. The second kappa shape index (κ2) is 9.28. The van der Waals surface area contributed by atoms with Crippen LogP contribution in [-0.4, -0.2) is 23.3 Å². The Labute approximate surface area is 157 Å². The maximum Gasteiger partial charge on any atom is 0.276 e. The van der Waals surface area contributed by atoms with Crippen molar-refractivity contribution < 1.29 is 14.5 Å². The molecule has 7 heteroatoms. The van der Waals surface area contributed by atoms with Gasteiger partial charge in [-0.2, -0.15) is 0 Å². The molecule has 0 saturated heterocycles. The quantitative estimate of drug-likeness (QED) is 0.443. The van der Waals surface area contributed by atoms with Crippen LogP contribution < -0.4 is 10.6 Å². The van der Waals surface area contributed by atoms with Gasteiger partial charge in [-0.15, -0.1) is 0 Å². The van der Waals surface area contributed by atoms with Gasteiger partial charge in [-0.25, -0.2) is 0 Å². The predicted molar refractivity (Wildman–Crippen MR) is 104 cm³/mol. The van der Waals surface area contributed by atoms with Gasteiger partial charge in [0.2, 0.25) is 5.91 Å². The Morgan fingerprint density at radius 3 is 2.48 bits per heavy atom. The maximum absolute atomic E-state index is 12.3. The number of hydrogen-bond donors (Lipinski definition) is 2. The predicted octanol–water partition coefficient (Wildman–Crippen LogP) is 3.63. The molecule has 140 valence electrons. The molecular weight excluding hydrogens is 346 g/mol. The third-order valence-electron chi connectivity index (χ3n) is 3.65. The van der Waals surface area contributed by atoms with Crippen molar-refractivity contribution in [3.8, 4) is 0 Å². The molecule has 2 aromatic rings. The van der Waals surface area contributed by atoms with Crippen LogP contribution in [0.5, 0.6) is 0 Å². The zero-order valence-corrected chi connectivity index (χ0v) is 15.1. The fourth-order valence-corrected chi connectivity index (χ4v) is 2.32. The smallest absolute Gasteiger partial charge is 0.276 e. The van der Waals surface area contributed by atoms with E-state index < -0.39 is 10.8 Å². The highest BCUT2D eigenvalue weighted by Crippen LogP contribution is 2.19. The van der Waals surface area contributed by atoms with Crippen LogP contribution in [0.25, 0.3) is 6.08 Å². The van der Waals surface area contributed by atoms with Crippen molar-refractivity contribution in [2.24, 2.45) is 5.92 Å². The minimum absolute atomic E-state index is 0.0880. The molecular formula is C20H21N3O4. The number of anilines is 1.